The first-order valence-corrected chi connectivity index (χ1v) is 15.6. The Morgan fingerprint density at radius 1 is 1.15 bits per heavy atom. The van der Waals surface area contributed by atoms with Crippen molar-refractivity contribution in [1.29, 1.82) is 0 Å². The van der Waals surface area contributed by atoms with Gasteiger partial charge in [0.1, 0.15) is 22.0 Å². The molecule has 1 aromatic heterocycles. The number of halogens is 3. The van der Waals surface area contributed by atoms with E-state index < -0.39 is 38.1 Å². The van der Waals surface area contributed by atoms with Gasteiger partial charge in [0.05, 0.1) is 22.8 Å². The number of rotatable bonds is 7. The number of hydrogen-bond acceptors (Lipinski definition) is 6. The molecule has 2 saturated carbocycles. The second-order valence-electron chi connectivity index (χ2n) is 12.1. The summed E-state index contributed by atoms with van der Waals surface area (Å²) in [5, 5.41) is 11.1. The Morgan fingerprint density at radius 3 is 2.46 bits per heavy atom. The molecule has 1 amide bonds. The zero-order valence-electron chi connectivity index (χ0n) is 23.1. The first kappa shape index (κ1) is 27.9. The Bertz CT molecular complexity index is 1640. The van der Waals surface area contributed by atoms with Crippen LogP contribution in [-0.4, -0.2) is 46.1 Å². The second kappa shape index (κ2) is 9.38. The number of carbonyl (C=O) groups is 1. The van der Waals surface area contributed by atoms with E-state index in [1.807, 2.05) is 6.07 Å². The number of alkyl halides is 3. The van der Waals surface area contributed by atoms with Crippen LogP contribution in [0.3, 0.4) is 0 Å². The summed E-state index contributed by atoms with van der Waals surface area (Å²) in [6, 6.07) is 9.78. The normalized spacial score (nSPS) is 23.7. The van der Waals surface area contributed by atoms with Crippen molar-refractivity contribution in [3.63, 3.8) is 0 Å². The maximum atomic E-state index is 14.2. The number of fused-ring (bicyclic) bond motifs is 1. The summed E-state index contributed by atoms with van der Waals surface area (Å²) < 4.78 is 69.0. The van der Waals surface area contributed by atoms with Crippen molar-refractivity contribution in [3.05, 3.63) is 76.4 Å². The molecule has 0 saturated heterocycles. The summed E-state index contributed by atoms with van der Waals surface area (Å²) in [5.41, 5.74) is 0.00793. The maximum absolute atomic E-state index is 14.2. The summed E-state index contributed by atoms with van der Waals surface area (Å²) in [6.45, 7) is 2.10. The van der Waals surface area contributed by atoms with Crippen LogP contribution in [0.4, 0.5) is 18.9 Å². The highest BCUT2D eigenvalue weighted by Gasteiger charge is 2.53. The molecular formula is C29H32F3N5O3S. The summed E-state index contributed by atoms with van der Waals surface area (Å²) >= 11 is 0. The van der Waals surface area contributed by atoms with E-state index in [4.69, 9.17) is 0 Å². The minimum Gasteiger partial charge on any atom is -0.320 e. The van der Waals surface area contributed by atoms with Crippen LogP contribution in [0, 0.1) is 0 Å². The highest BCUT2D eigenvalue weighted by Crippen LogP contribution is 2.51. The van der Waals surface area contributed by atoms with E-state index in [9.17, 15) is 26.4 Å². The van der Waals surface area contributed by atoms with Crippen LogP contribution in [-0.2, 0) is 41.6 Å². The predicted molar refractivity (Wildman–Crippen MR) is 147 cm³/mol. The van der Waals surface area contributed by atoms with Crippen LogP contribution in [0.15, 0.2) is 42.7 Å². The van der Waals surface area contributed by atoms with Crippen molar-refractivity contribution in [2.45, 2.75) is 74.5 Å². The number of nitrogens with one attached hydrogen (secondary N) is 1. The van der Waals surface area contributed by atoms with Gasteiger partial charge in [-0.2, -0.15) is 13.2 Å². The molecule has 6 rings (SSSR count). The number of anilines is 1. The molecule has 0 radical (unpaired) electrons. The third-order valence-electron chi connectivity index (χ3n) is 9.19. The average molecular weight is 588 g/mol. The van der Waals surface area contributed by atoms with Crippen LogP contribution in [0.1, 0.15) is 77.5 Å². The number of amides is 1. The first-order valence-electron chi connectivity index (χ1n) is 13.6. The maximum Gasteiger partial charge on any atom is 0.416 e. The Hall–Kier alpha value is -3.25. The van der Waals surface area contributed by atoms with Crippen molar-refractivity contribution in [2.24, 2.45) is 7.05 Å². The molecule has 2 heterocycles. The number of carbonyl (C=O) groups excluding carboxylic acids is 1. The minimum atomic E-state index is -4.61. The van der Waals surface area contributed by atoms with E-state index in [0.29, 0.717) is 29.9 Å². The van der Waals surface area contributed by atoms with Crippen molar-refractivity contribution < 1.29 is 26.4 Å². The number of aryl methyl sites for hydroxylation is 1. The smallest absolute Gasteiger partial charge is 0.320 e. The Labute approximate surface area is 236 Å². The van der Waals surface area contributed by atoms with Gasteiger partial charge in [0.25, 0.3) is 5.91 Å². The molecule has 218 valence electrons. The first-order chi connectivity index (χ1) is 19.2. The molecule has 3 aromatic rings. The Balaban J connectivity index is 1.35. The molecule has 8 nitrogen and oxygen atoms in total. The van der Waals surface area contributed by atoms with Gasteiger partial charge in [-0.3, -0.25) is 4.79 Å². The van der Waals surface area contributed by atoms with E-state index in [1.165, 1.54) is 11.2 Å². The van der Waals surface area contributed by atoms with Crippen molar-refractivity contribution >= 4 is 21.4 Å². The monoisotopic (exact) mass is 587 g/mol. The molecule has 2 fully saturated rings. The SMILES string of the molecule is Cn1cnnc1[C@]1(c2cccc(N3Cc4c(cc(CNC5(C)CCC5)cc4C(F)(F)F)C3=O)c2)C[C@H](S(C)(=O)=O)C1. The van der Waals surface area contributed by atoms with Crippen LogP contribution >= 0.6 is 0 Å². The Kier molecular flexibility index (Phi) is 6.38. The van der Waals surface area contributed by atoms with Gasteiger partial charge in [-0.25, -0.2) is 8.42 Å². The molecule has 0 atom stereocenters. The molecule has 0 spiro atoms. The standard InChI is InChI=1S/C29H32F3N5O3S/c1-27(8-5-9-27)33-15-18-10-22-23(24(11-18)29(30,31)32)16-37(25(22)38)20-7-4-6-19(12-20)28(26-35-34-17-36(26)2)13-21(14-28)41(3,39)40/h4,6-7,10-12,17,21,33H,5,8-9,13-16H2,1-3H3/t21-,28+. The highest BCUT2D eigenvalue weighted by atomic mass is 32.2. The molecule has 2 aromatic carbocycles. The van der Waals surface area contributed by atoms with Gasteiger partial charge in [0.2, 0.25) is 0 Å². The summed E-state index contributed by atoms with van der Waals surface area (Å²) in [6.07, 6.45) is 1.76. The van der Waals surface area contributed by atoms with Crippen LogP contribution in [0.2, 0.25) is 0 Å². The number of hydrogen-bond donors (Lipinski definition) is 1. The minimum absolute atomic E-state index is 0.0321. The lowest BCUT2D eigenvalue weighted by molar-refractivity contribution is -0.138. The fourth-order valence-corrected chi connectivity index (χ4v) is 7.66. The van der Waals surface area contributed by atoms with Gasteiger partial charge in [-0.15, -0.1) is 10.2 Å². The van der Waals surface area contributed by atoms with Gasteiger partial charge in [0.15, 0.2) is 0 Å². The number of sulfone groups is 1. The van der Waals surface area contributed by atoms with E-state index in [0.717, 1.165) is 30.9 Å². The highest BCUT2D eigenvalue weighted by molar-refractivity contribution is 7.91. The summed E-state index contributed by atoms with van der Waals surface area (Å²) in [7, 11) is -1.51. The fraction of sp³-hybridized carbons (Fsp3) is 0.483. The third-order valence-corrected chi connectivity index (χ3v) is 10.7. The molecule has 0 unspecified atom stereocenters. The lowest BCUT2D eigenvalue weighted by Gasteiger charge is -2.46. The van der Waals surface area contributed by atoms with Crippen molar-refractivity contribution in [3.8, 4) is 0 Å². The number of nitrogens with zero attached hydrogens (tertiary/aromatic N) is 4. The molecule has 41 heavy (non-hydrogen) atoms. The fourth-order valence-electron chi connectivity index (χ4n) is 6.49. The topological polar surface area (TPSA) is 97.2 Å². The molecule has 2 aliphatic carbocycles. The number of benzene rings is 2. The zero-order valence-corrected chi connectivity index (χ0v) is 23.9. The number of aromatic nitrogens is 3. The lowest BCUT2D eigenvalue weighted by Crippen LogP contribution is -2.50. The van der Waals surface area contributed by atoms with Crippen molar-refractivity contribution in [2.75, 3.05) is 11.2 Å². The van der Waals surface area contributed by atoms with Gasteiger partial charge < -0.3 is 14.8 Å². The third kappa shape index (κ3) is 4.74. The molecule has 1 N–H and O–H groups in total. The van der Waals surface area contributed by atoms with Crippen molar-refractivity contribution in [1.82, 2.24) is 20.1 Å². The van der Waals surface area contributed by atoms with Crippen LogP contribution < -0.4 is 10.2 Å². The molecular weight excluding hydrogens is 555 g/mol. The van der Waals surface area contributed by atoms with E-state index >= 15 is 0 Å². The van der Waals surface area contributed by atoms with E-state index in [-0.39, 0.29) is 29.8 Å². The predicted octanol–water partition coefficient (Wildman–Crippen LogP) is 4.52. The van der Waals surface area contributed by atoms with Gasteiger partial charge in [0, 0.05) is 36.6 Å². The largest absolute Gasteiger partial charge is 0.416 e. The second-order valence-corrected chi connectivity index (χ2v) is 14.4. The summed E-state index contributed by atoms with van der Waals surface area (Å²) in [5.74, 6) is 0.108. The van der Waals surface area contributed by atoms with E-state index in [2.05, 4.69) is 22.4 Å². The molecule has 0 bridgehead atoms. The van der Waals surface area contributed by atoms with Crippen LogP contribution in [0.5, 0.6) is 0 Å². The molecule has 12 heteroatoms. The van der Waals surface area contributed by atoms with Gasteiger partial charge in [-0.05, 0) is 80.0 Å². The summed E-state index contributed by atoms with van der Waals surface area (Å²) in [4.78, 5) is 15.0. The Morgan fingerprint density at radius 2 is 1.88 bits per heavy atom. The van der Waals surface area contributed by atoms with Gasteiger partial charge in [-0.1, -0.05) is 12.1 Å². The van der Waals surface area contributed by atoms with E-state index in [1.54, 1.807) is 42.2 Å². The average Bonchev–Trinajstić information content (AvgIpc) is 3.43. The zero-order chi connectivity index (χ0) is 29.4. The lowest BCUT2D eigenvalue weighted by atomic mass is 9.63. The molecule has 1 aliphatic heterocycles. The quantitative estimate of drug-likeness (QED) is 0.437. The van der Waals surface area contributed by atoms with Gasteiger partial charge >= 0.3 is 6.18 Å². The van der Waals surface area contributed by atoms with Crippen LogP contribution in [0.25, 0.3) is 0 Å². The molecule has 3 aliphatic rings.